The van der Waals surface area contributed by atoms with Crippen LogP contribution >= 0.6 is 7.60 Å². The number of hydrogen-bond donors (Lipinski definition) is 4. The van der Waals surface area contributed by atoms with Gasteiger partial charge in [0.05, 0.1) is 23.5 Å². The molecular formula is C19H28F2N3O7P. The van der Waals surface area contributed by atoms with Crippen LogP contribution in [-0.2, 0) is 18.6 Å². The lowest BCUT2D eigenvalue weighted by Gasteiger charge is -2.35. The molecule has 4 rings (SSSR count). The summed E-state index contributed by atoms with van der Waals surface area (Å²) in [6.45, 7) is 5.20. The van der Waals surface area contributed by atoms with Crippen LogP contribution in [0.3, 0.4) is 0 Å². The Morgan fingerprint density at radius 3 is 2.69 bits per heavy atom. The quantitative estimate of drug-likeness (QED) is 0.308. The molecule has 180 valence electrons. The number of nitrogens with zero attached hydrogens (tertiary/aromatic N) is 2. The standard InChI is InChI=1S/C19H28F2N3O7P/c1-4-18(3,31-32(27,28)19(5-2)8-29-19)6-11-13(25)14(26)17(30-11)24-7-10-12(20)15(21)23-16(10)22-9-24/h7,11,13-14,17,25-26H,4-6,8-9H2,1-3H3,(H,22,23)(H,27,28). The fourth-order valence-electron chi connectivity index (χ4n) is 4.08. The second-order valence-corrected chi connectivity index (χ2v) is 10.8. The highest BCUT2D eigenvalue weighted by Gasteiger charge is 2.62. The van der Waals surface area contributed by atoms with E-state index in [4.69, 9.17) is 14.0 Å². The molecular weight excluding hydrogens is 451 g/mol. The van der Waals surface area contributed by atoms with Crippen molar-refractivity contribution in [2.24, 2.45) is 4.99 Å². The van der Waals surface area contributed by atoms with Gasteiger partial charge in [-0.3, -0.25) is 4.57 Å². The zero-order valence-corrected chi connectivity index (χ0v) is 18.9. The summed E-state index contributed by atoms with van der Waals surface area (Å²) < 4.78 is 57.0. The molecule has 0 aromatic carbocycles. The first-order valence-corrected chi connectivity index (χ1v) is 12.1. The maximum absolute atomic E-state index is 14.0. The monoisotopic (exact) mass is 479 g/mol. The molecule has 7 unspecified atom stereocenters. The van der Waals surface area contributed by atoms with E-state index in [-0.39, 0.29) is 30.4 Å². The van der Waals surface area contributed by atoms with Crippen molar-refractivity contribution in [3.05, 3.63) is 22.5 Å². The number of H-pyrrole nitrogens is 1. The van der Waals surface area contributed by atoms with E-state index in [1.807, 2.05) is 0 Å². The molecule has 0 bridgehead atoms. The third-order valence-electron chi connectivity index (χ3n) is 6.53. The van der Waals surface area contributed by atoms with Gasteiger partial charge in [0, 0.05) is 12.6 Å². The van der Waals surface area contributed by atoms with Crippen LogP contribution in [0.15, 0.2) is 4.99 Å². The molecule has 0 radical (unpaired) electrons. The third kappa shape index (κ3) is 3.91. The molecule has 3 aliphatic heterocycles. The fraction of sp³-hybridized carbons (Fsp3) is 0.737. The van der Waals surface area contributed by atoms with Gasteiger partial charge in [-0.25, -0.2) is 9.38 Å². The van der Waals surface area contributed by atoms with E-state index in [0.717, 1.165) is 0 Å². The van der Waals surface area contributed by atoms with Crippen LogP contribution in [0.5, 0.6) is 0 Å². The number of halogens is 2. The molecule has 4 N–H and O–H groups in total. The Morgan fingerprint density at radius 1 is 1.41 bits per heavy atom. The highest BCUT2D eigenvalue weighted by molar-refractivity contribution is 7.54. The van der Waals surface area contributed by atoms with Crippen LogP contribution in [0.25, 0.3) is 6.20 Å². The van der Waals surface area contributed by atoms with Gasteiger partial charge in [0.25, 0.3) is 0 Å². The molecule has 4 heterocycles. The number of ether oxygens (including phenoxy) is 2. The number of aliphatic hydroxyl groups excluding tert-OH is 2. The molecule has 10 nitrogen and oxygen atoms in total. The van der Waals surface area contributed by atoms with Crippen molar-refractivity contribution in [3.63, 3.8) is 0 Å². The van der Waals surface area contributed by atoms with Gasteiger partial charge in [0.2, 0.25) is 5.95 Å². The first kappa shape index (κ1) is 23.7. The molecule has 2 fully saturated rings. The summed E-state index contributed by atoms with van der Waals surface area (Å²) >= 11 is 0. The number of rotatable bonds is 8. The van der Waals surface area contributed by atoms with Gasteiger partial charge in [-0.1, -0.05) is 13.8 Å². The normalized spacial score (nSPS) is 35.4. The first-order valence-electron chi connectivity index (χ1n) is 10.5. The zero-order valence-electron chi connectivity index (χ0n) is 18.0. The summed E-state index contributed by atoms with van der Waals surface area (Å²) in [5.41, 5.74) is -1.11. The molecule has 13 heteroatoms. The van der Waals surface area contributed by atoms with Crippen molar-refractivity contribution in [1.29, 1.82) is 0 Å². The molecule has 1 aromatic rings. The minimum absolute atomic E-state index is 0.00590. The van der Waals surface area contributed by atoms with E-state index in [1.165, 1.54) is 11.1 Å². The van der Waals surface area contributed by atoms with Gasteiger partial charge in [0.15, 0.2) is 17.4 Å². The van der Waals surface area contributed by atoms with Gasteiger partial charge >= 0.3 is 7.60 Å². The maximum atomic E-state index is 14.0. The average Bonchev–Trinajstić information content (AvgIpc) is 3.46. The Hall–Kier alpha value is -1.40. The molecule has 32 heavy (non-hydrogen) atoms. The summed E-state index contributed by atoms with van der Waals surface area (Å²) in [6.07, 6.45) is -2.83. The van der Waals surface area contributed by atoms with Crippen molar-refractivity contribution in [3.8, 4) is 0 Å². The van der Waals surface area contributed by atoms with Gasteiger partial charge in [-0.05, 0) is 19.8 Å². The Kier molecular flexibility index (Phi) is 6.03. The molecule has 0 saturated carbocycles. The molecule has 0 amide bonds. The van der Waals surface area contributed by atoms with Crippen LogP contribution in [0.2, 0.25) is 0 Å². The number of hydrogen-bond acceptors (Lipinski definition) is 8. The Balaban J connectivity index is 1.50. The second kappa shape index (κ2) is 8.12. The molecule has 3 aliphatic rings. The van der Waals surface area contributed by atoms with Gasteiger partial charge in [0.1, 0.15) is 24.4 Å². The lowest BCUT2D eigenvalue weighted by Crippen LogP contribution is -2.46. The van der Waals surface area contributed by atoms with Gasteiger partial charge in [-0.2, -0.15) is 4.39 Å². The lowest BCUT2D eigenvalue weighted by atomic mass is 9.93. The summed E-state index contributed by atoms with van der Waals surface area (Å²) in [4.78, 5) is 18.1. The topological polar surface area (TPSA) is 140 Å². The predicted molar refractivity (Wildman–Crippen MR) is 107 cm³/mol. The van der Waals surface area contributed by atoms with Crippen LogP contribution < -0.4 is 10.7 Å². The van der Waals surface area contributed by atoms with Gasteiger partial charge < -0.3 is 39.0 Å². The number of fused-ring (bicyclic) bond motifs is 1. The Bertz CT molecular complexity index is 1050. The molecule has 1 aromatic heterocycles. The van der Waals surface area contributed by atoms with E-state index in [1.54, 1.807) is 20.8 Å². The Morgan fingerprint density at radius 2 is 2.09 bits per heavy atom. The smallest absolute Gasteiger partial charge is 0.362 e. The van der Waals surface area contributed by atoms with E-state index in [0.29, 0.717) is 12.8 Å². The van der Waals surface area contributed by atoms with Crippen molar-refractivity contribution in [1.82, 2.24) is 9.88 Å². The molecule has 7 atom stereocenters. The molecule has 0 spiro atoms. The van der Waals surface area contributed by atoms with Crippen LogP contribution in [0.4, 0.5) is 8.78 Å². The summed E-state index contributed by atoms with van der Waals surface area (Å²) in [5, 5.41) is 19.8. The predicted octanol–water partition coefficient (Wildman–Crippen LogP) is 0.268. The summed E-state index contributed by atoms with van der Waals surface area (Å²) in [6, 6.07) is 0. The Labute approximate surface area is 183 Å². The SMILES string of the molecule is CCC(C)(CC1OC(N2C=c3c(F)c(F)[nH]c3=NC2)C(O)C1O)OP(=O)(O)C1(CC)CO1. The van der Waals surface area contributed by atoms with Crippen LogP contribution in [-0.4, -0.2) is 73.7 Å². The summed E-state index contributed by atoms with van der Waals surface area (Å²) in [5.74, 6) is -2.24. The van der Waals surface area contributed by atoms with Crippen LogP contribution in [0, 0.1) is 11.8 Å². The van der Waals surface area contributed by atoms with Gasteiger partial charge in [-0.15, -0.1) is 0 Å². The largest absolute Gasteiger partial charge is 0.388 e. The number of aromatic amines is 1. The van der Waals surface area contributed by atoms with Crippen LogP contribution in [0.1, 0.15) is 40.0 Å². The summed E-state index contributed by atoms with van der Waals surface area (Å²) in [7, 11) is -4.13. The van der Waals surface area contributed by atoms with E-state index >= 15 is 0 Å². The average molecular weight is 479 g/mol. The molecule has 2 saturated heterocycles. The second-order valence-electron chi connectivity index (χ2n) is 8.71. The van der Waals surface area contributed by atoms with Crippen molar-refractivity contribution < 1.29 is 42.4 Å². The maximum Gasteiger partial charge on any atom is 0.362 e. The van der Waals surface area contributed by atoms with E-state index < -0.39 is 54.8 Å². The minimum atomic E-state index is -4.13. The minimum Gasteiger partial charge on any atom is -0.388 e. The lowest BCUT2D eigenvalue weighted by molar-refractivity contribution is -0.0823. The highest BCUT2D eigenvalue weighted by atomic mass is 31.2. The fourth-order valence-corrected chi connectivity index (χ4v) is 5.84. The van der Waals surface area contributed by atoms with Crippen molar-refractivity contribution in [2.45, 2.75) is 75.5 Å². The number of aliphatic hydroxyl groups is 2. The van der Waals surface area contributed by atoms with Crippen molar-refractivity contribution in [2.75, 3.05) is 13.3 Å². The van der Waals surface area contributed by atoms with Crippen molar-refractivity contribution >= 4 is 13.8 Å². The highest BCUT2D eigenvalue weighted by Crippen LogP contribution is 2.66. The third-order valence-corrected chi connectivity index (χ3v) is 8.83. The first-order chi connectivity index (χ1) is 15.0. The molecule has 0 aliphatic carbocycles. The number of epoxide rings is 1. The number of nitrogens with one attached hydrogen (secondary N) is 1. The zero-order chi connectivity index (χ0) is 23.5. The van der Waals surface area contributed by atoms with E-state index in [9.17, 15) is 28.5 Å². The number of aromatic nitrogens is 1. The van der Waals surface area contributed by atoms with E-state index in [2.05, 4.69) is 9.98 Å².